The Morgan fingerprint density at radius 2 is 2.25 bits per heavy atom. The van der Waals surface area contributed by atoms with Gasteiger partial charge in [-0.25, -0.2) is 4.79 Å². The minimum atomic E-state index is -0.141. The summed E-state index contributed by atoms with van der Waals surface area (Å²) in [7, 11) is 1.59. The summed E-state index contributed by atoms with van der Waals surface area (Å²) in [4.78, 5) is 10.6. The molecule has 0 fully saturated rings. The fourth-order valence-corrected chi connectivity index (χ4v) is 1.38. The van der Waals surface area contributed by atoms with Crippen molar-refractivity contribution in [3.63, 3.8) is 0 Å². The van der Waals surface area contributed by atoms with Gasteiger partial charge < -0.3 is 15.7 Å². The maximum atomic E-state index is 10.6. The first kappa shape index (κ1) is 11.6. The topological polar surface area (TPSA) is 61.4 Å². The molecule has 3 N–H and O–H groups in total. The highest BCUT2D eigenvalue weighted by Gasteiger charge is 1.93. The SMILES string of the molecule is CNC(=O)NCCSCCCO. The van der Waals surface area contributed by atoms with Crippen LogP contribution in [-0.4, -0.2) is 42.8 Å². The summed E-state index contributed by atoms with van der Waals surface area (Å²) in [6, 6.07) is -0.141. The van der Waals surface area contributed by atoms with E-state index >= 15 is 0 Å². The molecule has 0 aromatic rings. The predicted octanol–water partition coefficient (Wildman–Crippen LogP) is 0.0310. The molecule has 0 spiro atoms. The predicted molar refractivity (Wildman–Crippen MR) is 51.5 cm³/mol. The molecule has 0 rings (SSSR count). The molecule has 0 heterocycles. The molecule has 4 nitrogen and oxygen atoms in total. The van der Waals surface area contributed by atoms with Crippen LogP contribution in [0.25, 0.3) is 0 Å². The summed E-state index contributed by atoms with van der Waals surface area (Å²) >= 11 is 1.73. The Hall–Kier alpha value is -0.420. The molecule has 0 aliphatic heterocycles. The zero-order valence-electron chi connectivity index (χ0n) is 7.30. The van der Waals surface area contributed by atoms with E-state index in [9.17, 15) is 4.79 Å². The molecule has 0 aromatic heterocycles. The fourth-order valence-electron chi connectivity index (χ4n) is 0.594. The van der Waals surface area contributed by atoms with Gasteiger partial charge in [0, 0.05) is 26.0 Å². The van der Waals surface area contributed by atoms with E-state index in [1.165, 1.54) is 0 Å². The molecule has 0 atom stereocenters. The standard InChI is InChI=1S/C7H16N2O2S/c1-8-7(11)9-3-6-12-5-2-4-10/h10H,2-6H2,1H3,(H2,8,9,11). The molecule has 2 amide bonds. The van der Waals surface area contributed by atoms with Crippen molar-refractivity contribution in [3.8, 4) is 0 Å². The van der Waals surface area contributed by atoms with E-state index in [0.29, 0.717) is 6.54 Å². The second-order valence-electron chi connectivity index (χ2n) is 2.20. The zero-order valence-corrected chi connectivity index (χ0v) is 8.12. The van der Waals surface area contributed by atoms with Crippen LogP contribution in [0.5, 0.6) is 0 Å². The third-order valence-electron chi connectivity index (χ3n) is 1.21. The smallest absolute Gasteiger partial charge is 0.314 e. The fraction of sp³-hybridized carbons (Fsp3) is 0.857. The number of aliphatic hydroxyl groups is 1. The van der Waals surface area contributed by atoms with Crippen LogP contribution in [-0.2, 0) is 0 Å². The number of urea groups is 1. The molecule has 0 aliphatic carbocycles. The first-order chi connectivity index (χ1) is 5.81. The van der Waals surface area contributed by atoms with Gasteiger partial charge in [0.2, 0.25) is 0 Å². The number of hydrogen-bond acceptors (Lipinski definition) is 3. The number of carbonyl (C=O) groups is 1. The average molecular weight is 192 g/mol. The second-order valence-corrected chi connectivity index (χ2v) is 3.42. The third-order valence-corrected chi connectivity index (χ3v) is 2.28. The number of rotatable bonds is 6. The first-order valence-electron chi connectivity index (χ1n) is 3.95. The molecule has 0 radical (unpaired) electrons. The zero-order chi connectivity index (χ0) is 9.23. The Morgan fingerprint density at radius 1 is 1.50 bits per heavy atom. The van der Waals surface area contributed by atoms with E-state index in [2.05, 4.69) is 10.6 Å². The largest absolute Gasteiger partial charge is 0.396 e. The third kappa shape index (κ3) is 7.68. The van der Waals surface area contributed by atoms with E-state index in [-0.39, 0.29) is 12.6 Å². The minimum Gasteiger partial charge on any atom is -0.396 e. The Bertz CT molecular complexity index is 122. The molecule has 5 heteroatoms. The summed E-state index contributed by atoms with van der Waals surface area (Å²) in [5.74, 6) is 1.85. The maximum Gasteiger partial charge on any atom is 0.314 e. The van der Waals surface area contributed by atoms with Crippen molar-refractivity contribution < 1.29 is 9.90 Å². The normalized spacial score (nSPS) is 9.50. The Labute approximate surface area is 77.1 Å². The molecule has 0 saturated carbocycles. The van der Waals surface area contributed by atoms with Crippen LogP contribution in [0.3, 0.4) is 0 Å². The van der Waals surface area contributed by atoms with Crippen molar-refractivity contribution in [1.82, 2.24) is 10.6 Å². The van der Waals surface area contributed by atoms with Gasteiger partial charge >= 0.3 is 6.03 Å². The Kier molecular flexibility index (Phi) is 8.37. The highest BCUT2D eigenvalue weighted by molar-refractivity contribution is 7.99. The van der Waals surface area contributed by atoms with Crippen molar-refractivity contribution in [1.29, 1.82) is 0 Å². The Morgan fingerprint density at radius 3 is 2.83 bits per heavy atom. The van der Waals surface area contributed by atoms with Crippen LogP contribution in [0, 0.1) is 0 Å². The minimum absolute atomic E-state index is 0.141. The lowest BCUT2D eigenvalue weighted by atomic mass is 10.5. The first-order valence-corrected chi connectivity index (χ1v) is 5.11. The summed E-state index contributed by atoms with van der Waals surface area (Å²) in [6.45, 7) is 0.922. The van der Waals surface area contributed by atoms with Gasteiger partial charge in [-0.3, -0.25) is 0 Å². The lowest BCUT2D eigenvalue weighted by Crippen LogP contribution is -2.34. The van der Waals surface area contributed by atoms with Crippen molar-refractivity contribution >= 4 is 17.8 Å². The van der Waals surface area contributed by atoms with Crippen LogP contribution in [0.2, 0.25) is 0 Å². The van der Waals surface area contributed by atoms with Crippen LogP contribution in [0.1, 0.15) is 6.42 Å². The van der Waals surface area contributed by atoms with Crippen LogP contribution >= 0.6 is 11.8 Å². The van der Waals surface area contributed by atoms with Gasteiger partial charge in [0.05, 0.1) is 0 Å². The highest BCUT2D eigenvalue weighted by atomic mass is 32.2. The summed E-state index contributed by atoms with van der Waals surface area (Å²) in [6.07, 6.45) is 0.824. The Balaban J connectivity index is 2.95. The van der Waals surface area contributed by atoms with Gasteiger partial charge in [0.15, 0.2) is 0 Å². The summed E-state index contributed by atoms with van der Waals surface area (Å²) in [5, 5.41) is 13.6. The van der Waals surface area contributed by atoms with Gasteiger partial charge in [-0.05, 0) is 12.2 Å². The molecular weight excluding hydrogens is 176 g/mol. The molecule has 0 bridgehead atoms. The summed E-state index contributed by atoms with van der Waals surface area (Å²) in [5.41, 5.74) is 0. The molecular formula is C7H16N2O2S. The number of amides is 2. The number of hydrogen-bond donors (Lipinski definition) is 3. The van der Waals surface area contributed by atoms with E-state index in [1.807, 2.05) is 0 Å². The molecule has 0 saturated heterocycles. The molecule has 0 aliphatic rings. The van der Waals surface area contributed by atoms with Crippen molar-refractivity contribution in [3.05, 3.63) is 0 Å². The van der Waals surface area contributed by atoms with Crippen LogP contribution in [0.4, 0.5) is 4.79 Å². The van der Waals surface area contributed by atoms with Gasteiger partial charge in [0.25, 0.3) is 0 Å². The van der Waals surface area contributed by atoms with Crippen LogP contribution in [0.15, 0.2) is 0 Å². The van der Waals surface area contributed by atoms with E-state index in [0.717, 1.165) is 17.9 Å². The maximum absolute atomic E-state index is 10.6. The highest BCUT2D eigenvalue weighted by Crippen LogP contribution is 1.99. The van der Waals surface area contributed by atoms with Gasteiger partial charge in [0.1, 0.15) is 0 Å². The number of nitrogens with one attached hydrogen (secondary N) is 2. The van der Waals surface area contributed by atoms with Gasteiger partial charge in [-0.1, -0.05) is 0 Å². The molecule has 0 aromatic carbocycles. The molecule has 0 unspecified atom stereocenters. The van der Waals surface area contributed by atoms with Crippen molar-refractivity contribution in [2.24, 2.45) is 0 Å². The lowest BCUT2D eigenvalue weighted by Gasteiger charge is -2.03. The second kappa shape index (κ2) is 8.67. The average Bonchev–Trinajstić information content (AvgIpc) is 2.10. The number of aliphatic hydroxyl groups excluding tert-OH is 1. The molecule has 12 heavy (non-hydrogen) atoms. The van der Waals surface area contributed by atoms with E-state index in [1.54, 1.807) is 18.8 Å². The molecule has 72 valence electrons. The van der Waals surface area contributed by atoms with Crippen molar-refractivity contribution in [2.75, 3.05) is 31.7 Å². The lowest BCUT2D eigenvalue weighted by molar-refractivity contribution is 0.243. The summed E-state index contributed by atoms with van der Waals surface area (Å²) < 4.78 is 0. The quantitative estimate of drug-likeness (QED) is 0.520. The monoisotopic (exact) mass is 192 g/mol. The van der Waals surface area contributed by atoms with E-state index < -0.39 is 0 Å². The van der Waals surface area contributed by atoms with Gasteiger partial charge in [-0.2, -0.15) is 11.8 Å². The van der Waals surface area contributed by atoms with Gasteiger partial charge in [-0.15, -0.1) is 0 Å². The van der Waals surface area contributed by atoms with Crippen LogP contribution < -0.4 is 10.6 Å². The number of thioether (sulfide) groups is 1. The van der Waals surface area contributed by atoms with Crippen molar-refractivity contribution in [2.45, 2.75) is 6.42 Å². The van der Waals surface area contributed by atoms with E-state index in [4.69, 9.17) is 5.11 Å². The number of carbonyl (C=O) groups excluding carboxylic acids is 1.